The van der Waals surface area contributed by atoms with Crippen LogP contribution in [0.4, 0.5) is 0 Å². The van der Waals surface area contributed by atoms with Crippen LogP contribution in [0, 0.1) is 0 Å². The molecule has 2 rings (SSSR count). The van der Waals surface area contributed by atoms with Crippen LogP contribution in [0.1, 0.15) is 23.2 Å². The van der Waals surface area contributed by atoms with Crippen molar-refractivity contribution >= 4 is 11.8 Å². The molecule has 0 aromatic heterocycles. The van der Waals surface area contributed by atoms with Crippen LogP contribution in [0.2, 0.25) is 0 Å². The molecule has 23 heavy (non-hydrogen) atoms. The van der Waals surface area contributed by atoms with Gasteiger partial charge < -0.3 is 19.7 Å². The van der Waals surface area contributed by atoms with Crippen LogP contribution >= 0.6 is 0 Å². The van der Waals surface area contributed by atoms with Crippen molar-refractivity contribution in [3.8, 4) is 11.5 Å². The Hall–Kier alpha value is -2.50. The van der Waals surface area contributed by atoms with Crippen molar-refractivity contribution < 1.29 is 19.1 Å². The summed E-state index contributed by atoms with van der Waals surface area (Å²) in [5.41, 5.74) is 0.516. The zero-order chi connectivity index (χ0) is 16.8. The van der Waals surface area contributed by atoms with Crippen LogP contribution in [0.15, 0.2) is 30.9 Å². The first kappa shape index (κ1) is 16.9. The van der Waals surface area contributed by atoms with Crippen molar-refractivity contribution in [3.63, 3.8) is 0 Å². The molecule has 0 radical (unpaired) electrons. The number of nitrogens with zero attached hydrogens (tertiary/aromatic N) is 1. The molecule has 2 amide bonds. The second kappa shape index (κ2) is 7.67. The number of benzene rings is 1. The maximum Gasteiger partial charge on any atom is 0.257 e. The molecule has 1 aromatic rings. The molecule has 6 nitrogen and oxygen atoms in total. The topological polar surface area (TPSA) is 67.9 Å². The van der Waals surface area contributed by atoms with Gasteiger partial charge in [-0.15, -0.1) is 0 Å². The van der Waals surface area contributed by atoms with Gasteiger partial charge in [0.25, 0.3) is 5.91 Å². The van der Waals surface area contributed by atoms with E-state index in [1.54, 1.807) is 30.2 Å². The van der Waals surface area contributed by atoms with Gasteiger partial charge in [0.2, 0.25) is 5.91 Å². The van der Waals surface area contributed by atoms with Crippen LogP contribution in [0.3, 0.4) is 0 Å². The molecule has 1 saturated heterocycles. The monoisotopic (exact) mass is 318 g/mol. The molecule has 0 saturated carbocycles. The average molecular weight is 318 g/mol. The van der Waals surface area contributed by atoms with Crippen LogP contribution in [0.5, 0.6) is 11.5 Å². The summed E-state index contributed by atoms with van der Waals surface area (Å²) in [4.78, 5) is 25.8. The summed E-state index contributed by atoms with van der Waals surface area (Å²) in [6.45, 7) is 4.63. The Bertz CT molecular complexity index is 592. The zero-order valence-electron chi connectivity index (χ0n) is 13.5. The first-order valence-corrected chi connectivity index (χ1v) is 7.53. The van der Waals surface area contributed by atoms with E-state index in [2.05, 4.69) is 11.9 Å². The summed E-state index contributed by atoms with van der Waals surface area (Å²) in [5.74, 6) is 0.894. The quantitative estimate of drug-likeness (QED) is 0.838. The van der Waals surface area contributed by atoms with E-state index >= 15 is 0 Å². The number of nitrogens with one attached hydrogen (secondary N) is 1. The number of rotatable bonds is 5. The number of methoxy groups -OCH3 is 2. The predicted molar refractivity (Wildman–Crippen MR) is 86.8 cm³/mol. The third kappa shape index (κ3) is 4.03. The van der Waals surface area contributed by atoms with E-state index in [1.165, 1.54) is 13.2 Å². The number of likely N-dealkylation sites (tertiary alicyclic amines) is 1. The molecule has 0 bridgehead atoms. The van der Waals surface area contributed by atoms with E-state index in [9.17, 15) is 9.59 Å². The minimum atomic E-state index is -0.174. The minimum absolute atomic E-state index is 0.0713. The molecule has 0 aliphatic carbocycles. The maximum atomic E-state index is 12.7. The van der Waals surface area contributed by atoms with Crippen molar-refractivity contribution in [1.82, 2.24) is 10.2 Å². The van der Waals surface area contributed by atoms with E-state index in [-0.39, 0.29) is 17.9 Å². The standard InChI is InChI=1S/C17H22N2O4/c1-4-16(20)18-12-7-9-19(10-8-12)17(21)14-6-5-13(22-2)11-15(14)23-3/h4-6,11-12H,1,7-10H2,2-3H3,(H,18,20). The van der Waals surface area contributed by atoms with Crippen LogP contribution in [0.25, 0.3) is 0 Å². The SMILES string of the molecule is C=CC(=O)NC1CCN(C(=O)c2ccc(OC)cc2OC)CC1. The third-order valence-corrected chi connectivity index (χ3v) is 3.95. The third-order valence-electron chi connectivity index (χ3n) is 3.95. The largest absolute Gasteiger partial charge is 0.497 e. The van der Waals surface area contributed by atoms with Gasteiger partial charge in [-0.3, -0.25) is 9.59 Å². The highest BCUT2D eigenvalue weighted by atomic mass is 16.5. The Morgan fingerprint density at radius 3 is 2.52 bits per heavy atom. The van der Waals surface area contributed by atoms with Gasteiger partial charge in [0, 0.05) is 25.2 Å². The molecular weight excluding hydrogens is 296 g/mol. The molecule has 0 unspecified atom stereocenters. The molecule has 1 fully saturated rings. The first-order valence-electron chi connectivity index (χ1n) is 7.53. The second-order valence-electron chi connectivity index (χ2n) is 5.35. The summed E-state index contributed by atoms with van der Waals surface area (Å²) in [6, 6.07) is 5.24. The van der Waals surface area contributed by atoms with Crippen LogP contribution in [-0.4, -0.2) is 50.1 Å². The fraction of sp³-hybridized carbons (Fsp3) is 0.412. The molecule has 124 valence electrons. The fourth-order valence-electron chi connectivity index (χ4n) is 2.63. The van der Waals surface area contributed by atoms with Crippen molar-refractivity contribution in [3.05, 3.63) is 36.4 Å². The molecular formula is C17H22N2O4. The van der Waals surface area contributed by atoms with E-state index in [1.807, 2.05) is 0 Å². The minimum Gasteiger partial charge on any atom is -0.497 e. The summed E-state index contributed by atoms with van der Waals surface area (Å²) < 4.78 is 10.4. The van der Waals surface area contributed by atoms with Crippen molar-refractivity contribution in [2.45, 2.75) is 18.9 Å². The highest BCUT2D eigenvalue weighted by molar-refractivity contribution is 5.97. The molecule has 0 atom stereocenters. The first-order chi connectivity index (χ1) is 11.1. The van der Waals surface area contributed by atoms with Gasteiger partial charge in [0.15, 0.2) is 0 Å². The van der Waals surface area contributed by atoms with E-state index in [0.29, 0.717) is 30.2 Å². The van der Waals surface area contributed by atoms with Gasteiger partial charge >= 0.3 is 0 Å². The Kier molecular flexibility index (Phi) is 5.62. The predicted octanol–water partition coefficient (Wildman–Crippen LogP) is 1.61. The second-order valence-corrected chi connectivity index (χ2v) is 5.35. The van der Waals surface area contributed by atoms with Crippen LogP contribution in [-0.2, 0) is 4.79 Å². The molecule has 1 aliphatic heterocycles. The highest BCUT2D eigenvalue weighted by Gasteiger charge is 2.26. The normalized spacial score (nSPS) is 15.0. The lowest BCUT2D eigenvalue weighted by Gasteiger charge is -2.32. The Balaban J connectivity index is 2.02. The fourth-order valence-corrected chi connectivity index (χ4v) is 2.63. The highest BCUT2D eigenvalue weighted by Crippen LogP contribution is 2.26. The van der Waals surface area contributed by atoms with Crippen molar-refractivity contribution in [1.29, 1.82) is 0 Å². The van der Waals surface area contributed by atoms with Gasteiger partial charge in [0.1, 0.15) is 11.5 Å². The maximum absolute atomic E-state index is 12.7. The number of carbonyl (C=O) groups excluding carboxylic acids is 2. The molecule has 1 aliphatic rings. The summed E-state index contributed by atoms with van der Waals surface area (Å²) in [5, 5.41) is 2.87. The van der Waals surface area contributed by atoms with Gasteiger partial charge in [0.05, 0.1) is 19.8 Å². The van der Waals surface area contributed by atoms with Crippen molar-refractivity contribution in [2.24, 2.45) is 0 Å². The lowest BCUT2D eigenvalue weighted by atomic mass is 10.0. The van der Waals surface area contributed by atoms with Crippen LogP contribution < -0.4 is 14.8 Å². The van der Waals surface area contributed by atoms with Gasteiger partial charge in [-0.2, -0.15) is 0 Å². The molecule has 6 heteroatoms. The molecule has 0 spiro atoms. The summed E-state index contributed by atoms with van der Waals surface area (Å²) >= 11 is 0. The van der Waals surface area contributed by atoms with Gasteiger partial charge in [-0.25, -0.2) is 0 Å². The van der Waals surface area contributed by atoms with E-state index in [4.69, 9.17) is 9.47 Å². The van der Waals surface area contributed by atoms with E-state index in [0.717, 1.165) is 12.8 Å². The molecule has 1 heterocycles. The lowest BCUT2D eigenvalue weighted by molar-refractivity contribution is -0.117. The Morgan fingerprint density at radius 1 is 1.26 bits per heavy atom. The number of hydrogen-bond acceptors (Lipinski definition) is 4. The van der Waals surface area contributed by atoms with Gasteiger partial charge in [-0.1, -0.05) is 6.58 Å². The van der Waals surface area contributed by atoms with E-state index < -0.39 is 0 Å². The van der Waals surface area contributed by atoms with Gasteiger partial charge in [-0.05, 0) is 31.1 Å². The number of carbonyl (C=O) groups is 2. The lowest BCUT2D eigenvalue weighted by Crippen LogP contribution is -2.46. The zero-order valence-corrected chi connectivity index (χ0v) is 13.5. The number of ether oxygens (including phenoxy) is 2. The number of piperidine rings is 1. The van der Waals surface area contributed by atoms with Crippen molar-refractivity contribution in [2.75, 3.05) is 27.3 Å². The number of hydrogen-bond donors (Lipinski definition) is 1. The smallest absolute Gasteiger partial charge is 0.257 e. The molecule has 1 N–H and O–H groups in total. The number of amides is 2. The summed E-state index contributed by atoms with van der Waals surface area (Å²) in [7, 11) is 3.10. The molecule has 1 aromatic carbocycles. The Labute approximate surface area is 136 Å². The average Bonchev–Trinajstić information content (AvgIpc) is 2.61. The Morgan fingerprint density at radius 2 is 1.96 bits per heavy atom. The summed E-state index contributed by atoms with van der Waals surface area (Å²) in [6.07, 6.45) is 2.72.